The maximum absolute atomic E-state index is 12.5. The van der Waals surface area contributed by atoms with Gasteiger partial charge in [0.1, 0.15) is 5.75 Å². The van der Waals surface area contributed by atoms with E-state index in [4.69, 9.17) is 9.84 Å². The van der Waals surface area contributed by atoms with Gasteiger partial charge in [-0.15, -0.1) is 11.3 Å². The summed E-state index contributed by atoms with van der Waals surface area (Å²) in [7, 11) is 0. The van der Waals surface area contributed by atoms with Gasteiger partial charge in [0, 0.05) is 14.8 Å². The predicted molar refractivity (Wildman–Crippen MR) is 78.7 cm³/mol. The number of ether oxygens (including phenoxy) is 1. The van der Waals surface area contributed by atoms with E-state index < -0.39 is 12.6 Å². The lowest BCUT2D eigenvalue weighted by atomic mass is 10.1. The third-order valence-corrected chi connectivity index (χ3v) is 4.05. The van der Waals surface area contributed by atoms with Gasteiger partial charge in [-0.3, -0.25) is 4.79 Å². The van der Waals surface area contributed by atoms with Crippen LogP contribution in [0, 0.1) is 0 Å². The molecular weight excluding hydrogens is 276 g/mol. The van der Waals surface area contributed by atoms with Gasteiger partial charge in [0.25, 0.3) is 0 Å². The van der Waals surface area contributed by atoms with E-state index in [1.165, 1.54) is 11.3 Å². The third kappa shape index (κ3) is 2.12. The van der Waals surface area contributed by atoms with Crippen LogP contribution < -0.4 is 10.2 Å². The Morgan fingerprint density at radius 1 is 1.10 bits per heavy atom. The van der Waals surface area contributed by atoms with E-state index in [9.17, 15) is 9.59 Å². The van der Waals surface area contributed by atoms with E-state index in [-0.39, 0.29) is 5.43 Å². The molecule has 2 aromatic carbocycles. The maximum atomic E-state index is 12.5. The van der Waals surface area contributed by atoms with Crippen LogP contribution in [-0.4, -0.2) is 17.7 Å². The minimum atomic E-state index is -1.07. The van der Waals surface area contributed by atoms with Crippen LogP contribution in [-0.2, 0) is 4.79 Å². The number of hydrogen-bond acceptors (Lipinski definition) is 4. The normalized spacial score (nSPS) is 10.8. The summed E-state index contributed by atoms with van der Waals surface area (Å²) in [6, 6.07) is 12.6. The van der Waals surface area contributed by atoms with Gasteiger partial charge in [-0.2, -0.15) is 0 Å². The fourth-order valence-electron chi connectivity index (χ4n) is 2.08. The smallest absolute Gasteiger partial charge is 0.341 e. The number of fused-ring (bicyclic) bond motifs is 2. The Balaban J connectivity index is 2.30. The van der Waals surface area contributed by atoms with Gasteiger partial charge < -0.3 is 9.84 Å². The molecule has 1 N–H and O–H groups in total. The topological polar surface area (TPSA) is 63.6 Å². The minimum absolute atomic E-state index is 0.129. The van der Waals surface area contributed by atoms with E-state index in [0.717, 1.165) is 9.40 Å². The maximum Gasteiger partial charge on any atom is 0.341 e. The van der Waals surface area contributed by atoms with E-state index in [0.29, 0.717) is 16.5 Å². The van der Waals surface area contributed by atoms with Crippen molar-refractivity contribution in [2.75, 3.05) is 6.61 Å². The first-order valence-electron chi connectivity index (χ1n) is 5.96. The zero-order valence-corrected chi connectivity index (χ0v) is 11.1. The minimum Gasteiger partial charge on any atom is -0.481 e. The Bertz CT molecular complexity index is 867. The number of aliphatic carboxylic acids is 1. The van der Waals surface area contributed by atoms with E-state index in [2.05, 4.69) is 0 Å². The summed E-state index contributed by atoms with van der Waals surface area (Å²) in [4.78, 5) is 23.1. The first-order valence-corrected chi connectivity index (χ1v) is 6.77. The molecule has 1 heterocycles. The van der Waals surface area contributed by atoms with Gasteiger partial charge in [-0.25, -0.2) is 4.79 Å². The second-order valence-electron chi connectivity index (χ2n) is 4.24. The van der Waals surface area contributed by atoms with Crippen LogP contribution in [0.1, 0.15) is 0 Å². The van der Waals surface area contributed by atoms with Crippen LogP contribution in [0.5, 0.6) is 5.75 Å². The molecule has 20 heavy (non-hydrogen) atoms. The molecule has 0 radical (unpaired) electrons. The Kier molecular flexibility index (Phi) is 3.12. The second kappa shape index (κ2) is 4.94. The lowest BCUT2D eigenvalue weighted by Gasteiger charge is -2.07. The first kappa shape index (κ1) is 12.6. The molecule has 0 aliphatic carbocycles. The summed E-state index contributed by atoms with van der Waals surface area (Å²) in [5.74, 6) is -0.754. The van der Waals surface area contributed by atoms with Gasteiger partial charge in [0.05, 0.1) is 5.39 Å². The number of carbonyl (C=O) groups is 1. The first-order chi connectivity index (χ1) is 9.66. The second-order valence-corrected chi connectivity index (χ2v) is 5.32. The molecule has 3 rings (SSSR count). The Morgan fingerprint density at radius 2 is 1.85 bits per heavy atom. The number of hydrogen-bond donors (Lipinski definition) is 1. The van der Waals surface area contributed by atoms with E-state index in [1.54, 1.807) is 18.2 Å². The van der Waals surface area contributed by atoms with Crippen molar-refractivity contribution in [3.8, 4) is 5.75 Å². The number of carboxylic acids is 1. The van der Waals surface area contributed by atoms with Crippen molar-refractivity contribution in [3.63, 3.8) is 0 Å². The molecule has 0 fully saturated rings. The average Bonchev–Trinajstić information content (AvgIpc) is 2.45. The van der Waals surface area contributed by atoms with Crippen molar-refractivity contribution in [1.82, 2.24) is 0 Å². The standard InChI is InChI=1S/C15H10O4S/c16-13(17)8-19-10-5-3-7-12-14(10)15(18)9-4-1-2-6-11(9)20-12/h1-7H,8H2,(H,16,17). The molecule has 4 nitrogen and oxygen atoms in total. The van der Waals surface area contributed by atoms with Crippen LogP contribution in [0.2, 0.25) is 0 Å². The molecule has 3 aromatic rings. The molecular formula is C15H10O4S. The van der Waals surface area contributed by atoms with Gasteiger partial charge >= 0.3 is 5.97 Å². The highest BCUT2D eigenvalue weighted by atomic mass is 32.1. The van der Waals surface area contributed by atoms with Crippen LogP contribution in [0.25, 0.3) is 20.2 Å². The number of carboxylic acid groups (broad SMARTS) is 1. The Morgan fingerprint density at radius 3 is 2.65 bits per heavy atom. The van der Waals surface area contributed by atoms with Crippen molar-refractivity contribution >= 4 is 37.5 Å². The van der Waals surface area contributed by atoms with E-state index in [1.807, 2.05) is 24.3 Å². The molecule has 0 saturated carbocycles. The molecule has 1 aromatic heterocycles. The van der Waals surface area contributed by atoms with Gasteiger partial charge in [-0.05, 0) is 24.3 Å². The fraction of sp³-hybridized carbons (Fsp3) is 0.0667. The van der Waals surface area contributed by atoms with Crippen LogP contribution in [0.4, 0.5) is 0 Å². The monoisotopic (exact) mass is 286 g/mol. The zero-order chi connectivity index (χ0) is 14.1. The largest absolute Gasteiger partial charge is 0.481 e. The highest BCUT2D eigenvalue weighted by molar-refractivity contribution is 7.24. The van der Waals surface area contributed by atoms with Crippen molar-refractivity contribution in [1.29, 1.82) is 0 Å². The molecule has 0 aliphatic heterocycles. The average molecular weight is 286 g/mol. The molecule has 100 valence electrons. The van der Waals surface area contributed by atoms with Gasteiger partial charge in [0.15, 0.2) is 12.0 Å². The van der Waals surface area contributed by atoms with Crippen molar-refractivity contribution in [3.05, 3.63) is 52.7 Å². The third-order valence-electron chi connectivity index (χ3n) is 2.92. The highest BCUT2D eigenvalue weighted by Crippen LogP contribution is 2.30. The van der Waals surface area contributed by atoms with Crippen molar-refractivity contribution in [2.45, 2.75) is 0 Å². The summed E-state index contributed by atoms with van der Waals surface area (Å²) in [6.07, 6.45) is 0. The lowest BCUT2D eigenvalue weighted by molar-refractivity contribution is -0.139. The summed E-state index contributed by atoms with van der Waals surface area (Å²) in [5.41, 5.74) is -0.129. The molecule has 5 heteroatoms. The lowest BCUT2D eigenvalue weighted by Crippen LogP contribution is -2.11. The summed E-state index contributed by atoms with van der Waals surface area (Å²) in [5, 5.41) is 9.75. The van der Waals surface area contributed by atoms with Gasteiger partial charge in [0.2, 0.25) is 0 Å². The zero-order valence-electron chi connectivity index (χ0n) is 10.3. The summed E-state index contributed by atoms with van der Waals surface area (Å²) >= 11 is 1.49. The Hall–Kier alpha value is -2.40. The molecule has 0 saturated heterocycles. The van der Waals surface area contributed by atoms with Crippen molar-refractivity contribution < 1.29 is 14.6 Å². The number of rotatable bonds is 3. The van der Waals surface area contributed by atoms with Gasteiger partial charge in [-0.1, -0.05) is 18.2 Å². The van der Waals surface area contributed by atoms with Crippen molar-refractivity contribution in [2.24, 2.45) is 0 Å². The SMILES string of the molecule is O=C(O)COc1cccc2sc3ccccc3c(=O)c12. The van der Waals surface area contributed by atoms with Crippen LogP contribution in [0.3, 0.4) is 0 Å². The molecule has 0 unspecified atom stereocenters. The van der Waals surface area contributed by atoms with Crippen LogP contribution >= 0.6 is 11.3 Å². The fourth-order valence-corrected chi connectivity index (χ4v) is 3.17. The number of benzene rings is 2. The molecule has 0 atom stereocenters. The van der Waals surface area contributed by atoms with Crippen LogP contribution in [0.15, 0.2) is 47.3 Å². The highest BCUT2D eigenvalue weighted by Gasteiger charge is 2.11. The molecule has 0 spiro atoms. The Labute approximate surface area is 117 Å². The quantitative estimate of drug-likeness (QED) is 0.752. The van der Waals surface area contributed by atoms with E-state index >= 15 is 0 Å². The molecule has 0 amide bonds. The molecule has 0 bridgehead atoms. The summed E-state index contributed by atoms with van der Waals surface area (Å²) in [6.45, 7) is -0.462. The summed E-state index contributed by atoms with van der Waals surface area (Å²) < 4.78 is 6.91. The molecule has 0 aliphatic rings. The predicted octanol–water partition coefficient (Wildman–Crippen LogP) is 2.88.